The maximum Gasteiger partial charge on any atom is 0.339 e. The van der Waals surface area contributed by atoms with E-state index in [-0.39, 0.29) is 0 Å². The lowest BCUT2D eigenvalue weighted by atomic mass is 10.0. The molecule has 0 fully saturated rings. The van der Waals surface area contributed by atoms with Crippen LogP contribution < -0.4 is 0 Å². The van der Waals surface area contributed by atoms with Crippen LogP contribution in [0.25, 0.3) is 0 Å². The maximum atomic E-state index is 10.3. The molecule has 8 heteroatoms. The minimum Gasteiger partial charge on any atom is -0.394 e. The highest BCUT2D eigenvalue weighted by molar-refractivity contribution is 5.65. The van der Waals surface area contributed by atoms with Crippen LogP contribution in [0, 0.1) is 0 Å². The highest BCUT2D eigenvalue weighted by Gasteiger charge is 2.30. The predicted octanol–water partition coefficient (Wildman–Crippen LogP) is -3.08. The van der Waals surface area contributed by atoms with Gasteiger partial charge in [-0.3, -0.25) is 4.89 Å². The van der Waals surface area contributed by atoms with Gasteiger partial charge in [-0.2, -0.15) is 4.89 Å². The SMILES string of the molecule is CC(=O)OOC[C@@H](O)[C@@H](O)[C@H](O)[C@H](O)CO. The average molecular weight is 240 g/mol. The fourth-order valence-electron chi connectivity index (χ4n) is 0.849. The summed E-state index contributed by atoms with van der Waals surface area (Å²) in [4.78, 5) is 18.5. The Hall–Kier alpha value is -0.770. The molecular weight excluding hydrogens is 224 g/mol. The van der Waals surface area contributed by atoms with Crippen molar-refractivity contribution in [1.29, 1.82) is 0 Å². The lowest BCUT2D eigenvalue weighted by Crippen LogP contribution is -2.47. The highest BCUT2D eigenvalue weighted by Crippen LogP contribution is 2.05. The summed E-state index contributed by atoms with van der Waals surface area (Å²) in [5.41, 5.74) is 0. The first kappa shape index (κ1) is 15.2. The molecule has 0 radical (unpaired) electrons. The molecule has 5 N–H and O–H groups in total. The Kier molecular flexibility index (Phi) is 7.13. The lowest BCUT2D eigenvalue weighted by Gasteiger charge is -2.24. The Morgan fingerprint density at radius 1 is 1.12 bits per heavy atom. The zero-order chi connectivity index (χ0) is 12.7. The van der Waals surface area contributed by atoms with Crippen molar-refractivity contribution in [2.45, 2.75) is 31.3 Å². The van der Waals surface area contributed by atoms with Crippen LogP contribution in [0.2, 0.25) is 0 Å². The second-order valence-corrected chi connectivity index (χ2v) is 3.16. The minimum absolute atomic E-state index is 0.573. The van der Waals surface area contributed by atoms with Crippen LogP contribution in [-0.4, -0.2) is 69.1 Å². The quantitative estimate of drug-likeness (QED) is 0.233. The number of hydrogen-bond donors (Lipinski definition) is 5. The van der Waals surface area contributed by atoms with Gasteiger partial charge in [0.1, 0.15) is 31.0 Å². The van der Waals surface area contributed by atoms with Gasteiger partial charge in [-0.15, -0.1) is 0 Å². The molecule has 0 aromatic rings. The number of carbonyl (C=O) groups excluding carboxylic acids is 1. The zero-order valence-corrected chi connectivity index (χ0v) is 8.68. The third kappa shape index (κ3) is 5.35. The summed E-state index contributed by atoms with van der Waals surface area (Å²) in [5.74, 6) is -0.738. The molecule has 0 heterocycles. The molecule has 0 rings (SSSR count). The lowest BCUT2D eigenvalue weighted by molar-refractivity contribution is -0.286. The number of aliphatic hydroxyl groups excluding tert-OH is 5. The Morgan fingerprint density at radius 3 is 2.06 bits per heavy atom. The van der Waals surface area contributed by atoms with E-state index in [1.807, 2.05) is 0 Å². The first-order valence-electron chi connectivity index (χ1n) is 4.53. The summed E-state index contributed by atoms with van der Waals surface area (Å²) in [6, 6.07) is 0. The molecule has 0 aliphatic carbocycles. The molecule has 16 heavy (non-hydrogen) atoms. The summed E-state index contributed by atoms with van der Waals surface area (Å²) in [7, 11) is 0. The van der Waals surface area contributed by atoms with Crippen LogP contribution in [0.15, 0.2) is 0 Å². The van der Waals surface area contributed by atoms with Gasteiger partial charge in [0.2, 0.25) is 0 Å². The Morgan fingerprint density at radius 2 is 1.62 bits per heavy atom. The molecule has 0 amide bonds. The van der Waals surface area contributed by atoms with Crippen LogP contribution in [0.4, 0.5) is 0 Å². The summed E-state index contributed by atoms with van der Waals surface area (Å²) in [5, 5.41) is 45.1. The molecule has 0 unspecified atom stereocenters. The van der Waals surface area contributed by atoms with Gasteiger partial charge in [-0.1, -0.05) is 0 Å². The molecule has 8 nitrogen and oxygen atoms in total. The van der Waals surface area contributed by atoms with E-state index >= 15 is 0 Å². The van der Waals surface area contributed by atoms with Gasteiger partial charge in [-0.25, -0.2) is 4.79 Å². The van der Waals surface area contributed by atoms with Crippen molar-refractivity contribution in [3.63, 3.8) is 0 Å². The molecule has 0 saturated carbocycles. The van der Waals surface area contributed by atoms with E-state index in [2.05, 4.69) is 9.78 Å². The molecule has 0 spiro atoms. The third-order valence-corrected chi connectivity index (χ3v) is 1.74. The topological polar surface area (TPSA) is 137 Å². The van der Waals surface area contributed by atoms with Crippen molar-refractivity contribution < 1.29 is 40.1 Å². The number of rotatable bonds is 7. The van der Waals surface area contributed by atoms with Gasteiger partial charge in [0.25, 0.3) is 0 Å². The molecule has 4 atom stereocenters. The molecule has 0 aliphatic rings. The molecule has 0 saturated heterocycles. The van der Waals surface area contributed by atoms with Crippen molar-refractivity contribution in [3.05, 3.63) is 0 Å². The van der Waals surface area contributed by atoms with Crippen LogP contribution in [0.3, 0.4) is 0 Å². The standard InChI is InChI=1S/C8H16O8/c1-4(10)16-15-3-6(12)8(14)7(13)5(11)2-9/h5-9,11-14H,2-3H2,1H3/t5-,6-,7-,8-/m1/s1. The monoisotopic (exact) mass is 240 g/mol. The molecule has 0 bridgehead atoms. The largest absolute Gasteiger partial charge is 0.394 e. The number of aliphatic hydroxyl groups is 5. The normalized spacial score (nSPS) is 18.6. The van der Waals surface area contributed by atoms with Gasteiger partial charge in [0.05, 0.1) is 6.61 Å². The first-order valence-corrected chi connectivity index (χ1v) is 4.53. The van der Waals surface area contributed by atoms with Gasteiger partial charge >= 0.3 is 5.97 Å². The van der Waals surface area contributed by atoms with Crippen LogP contribution >= 0.6 is 0 Å². The van der Waals surface area contributed by atoms with Gasteiger partial charge < -0.3 is 25.5 Å². The average Bonchev–Trinajstić information content (AvgIpc) is 2.25. The second kappa shape index (κ2) is 7.49. The van der Waals surface area contributed by atoms with Crippen molar-refractivity contribution in [1.82, 2.24) is 0 Å². The van der Waals surface area contributed by atoms with E-state index in [4.69, 9.17) is 10.2 Å². The Balaban J connectivity index is 3.97. The predicted molar refractivity (Wildman–Crippen MR) is 48.8 cm³/mol. The minimum atomic E-state index is -1.74. The number of hydrogen-bond acceptors (Lipinski definition) is 8. The maximum absolute atomic E-state index is 10.3. The highest BCUT2D eigenvalue weighted by atomic mass is 17.2. The number of carbonyl (C=O) groups is 1. The van der Waals surface area contributed by atoms with E-state index in [9.17, 15) is 20.1 Å². The molecule has 0 aromatic carbocycles. The Labute approximate surface area is 91.6 Å². The van der Waals surface area contributed by atoms with Gasteiger partial charge in [0, 0.05) is 6.92 Å². The first-order chi connectivity index (χ1) is 7.40. The summed E-state index contributed by atoms with van der Waals surface area (Å²) < 4.78 is 0. The Bertz CT molecular complexity index is 208. The summed E-state index contributed by atoms with van der Waals surface area (Å²) in [6.07, 6.45) is -6.63. The summed E-state index contributed by atoms with van der Waals surface area (Å²) in [6.45, 7) is -0.265. The van der Waals surface area contributed by atoms with Gasteiger partial charge in [0.15, 0.2) is 0 Å². The van der Waals surface area contributed by atoms with E-state index in [0.29, 0.717) is 0 Å². The van der Waals surface area contributed by atoms with Crippen LogP contribution in [-0.2, 0) is 14.6 Å². The second-order valence-electron chi connectivity index (χ2n) is 3.16. The fourth-order valence-corrected chi connectivity index (χ4v) is 0.849. The van der Waals surface area contributed by atoms with Crippen molar-refractivity contribution in [2.75, 3.05) is 13.2 Å². The molecule has 96 valence electrons. The van der Waals surface area contributed by atoms with E-state index in [1.54, 1.807) is 0 Å². The molecular formula is C8H16O8. The molecule has 0 aliphatic heterocycles. The van der Waals surface area contributed by atoms with Crippen molar-refractivity contribution in [3.8, 4) is 0 Å². The van der Waals surface area contributed by atoms with Crippen molar-refractivity contribution >= 4 is 5.97 Å². The third-order valence-electron chi connectivity index (χ3n) is 1.74. The zero-order valence-electron chi connectivity index (χ0n) is 8.68. The van der Waals surface area contributed by atoms with Crippen LogP contribution in [0.5, 0.6) is 0 Å². The van der Waals surface area contributed by atoms with E-state index in [0.717, 1.165) is 6.92 Å². The van der Waals surface area contributed by atoms with Gasteiger partial charge in [-0.05, 0) is 0 Å². The smallest absolute Gasteiger partial charge is 0.339 e. The fraction of sp³-hybridized carbons (Fsp3) is 0.875. The van der Waals surface area contributed by atoms with Crippen LogP contribution in [0.1, 0.15) is 6.92 Å². The van der Waals surface area contributed by atoms with Crippen molar-refractivity contribution in [2.24, 2.45) is 0 Å². The van der Waals surface area contributed by atoms with E-state index < -0.39 is 43.6 Å². The molecule has 0 aromatic heterocycles. The van der Waals surface area contributed by atoms with E-state index in [1.165, 1.54) is 0 Å². The summed E-state index contributed by atoms with van der Waals surface area (Å²) >= 11 is 0.